The first-order chi connectivity index (χ1) is 12.3. The van der Waals surface area contributed by atoms with E-state index in [0.717, 1.165) is 22.1 Å². The van der Waals surface area contributed by atoms with Crippen LogP contribution in [0.2, 0.25) is 0 Å². The van der Waals surface area contributed by atoms with Crippen molar-refractivity contribution >= 4 is 34.3 Å². The van der Waals surface area contributed by atoms with E-state index in [-0.39, 0.29) is 0 Å². The molecule has 1 aliphatic carbocycles. The number of ether oxygens (including phenoxy) is 1. The van der Waals surface area contributed by atoms with E-state index in [1.54, 1.807) is 6.21 Å². The van der Waals surface area contributed by atoms with Gasteiger partial charge in [0.25, 0.3) is 0 Å². The van der Waals surface area contributed by atoms with Crippen LogP contribution in [0.3, 0.4) is 0 Å². The molecule has 5 heteroatoms. The lowest BCUT2D eigenvalue weighted by molar-refractivity contribution is 0.340. The molecule has 0 atom stereocenters. The highest BCUT2D eigenvalue weighted by Gasteiger charge is 2.13. The molecule has 1 fully saturated rings. The minimum absolute atomic E-state index is 0.473. The fraction of sp³-hybridized carbons (Fsp3) is 0.400. The van der Waals surface area contributed by atoms with Gasteiger partial charge in [0.1, 0.15) is 5.75 Å². The molecule has 0 aliphatic heterocycles. The third-order valence-corrected chi connectivity index (χ3v) is 4.74. The summed E-state index contributed by atoms with van der Waals surface area (Å²) in [4.78, 5) is 0. The quantitative estimate of drug-likeness (QED) is 0.475. The van der Waals surface area contributed by atoms with Gasteiger partial charge in [-0.05, 0) is 48.8 Å². The molecule has 2 aromatic carbocycles. The molecule has 0 amide bonds. The van der Waals surface area contributed by atoms with Crippen LogP contribution in [0.4, 0.5) is 0 Å². The van der Waals surface area contributed by atoms with Gasteiger partial charge >= 0.3 is 0 Å². The van der Waals surface area contributed by atoms with E-state index in [4.69, 9.17) is 17.0 Å². The molecule has 0 spiro atoms. The summed E-state index contributed by atoms with van der Waals surface area (Å²) in [6.07, 6.45) is 8.04. The fourth-order valence-electron chi connectivity index (χ4n) is 3.31. The summed E-state index contributed by atoms with van der Waals surface area (Å²) in [7, 11) is 0. The van der Waals surface area contributed by atoms with Gasteiger partial charge in [0.15, 0.2) is 5.11 Å². The van der Waals surface area contributed by atoms with Crippen LogP contribution in [0, 0.1) is 0 Å². The number of fused-ring (bicyclic) bond motifs is 1. The number of benzene rings is 2. The summed E-state index contributed by atoms with van der Waals surface area (Å²) in [6.45, 7) is 2.60. The Labute approximate surface area is 154 Å². The smallest absolute Gasteiger partial charge is 0.187 e. The van der Waals surface area contributed by atoms with Crippen molar-refractivity contribution in [3.05, 3.63) is 42.0 Å². The first-order valence-electron chi connectivity index (χ1n) is 9.02. The molecule has 0 heterocycles. The maximum atomic E-state index is 5.76. The average molecular weight is 356 g/mol. The highest BCUT2D eigenvalue weighted by molar-refractivity contribution is 7.80. The standard InChI is InChI=1S/C20H25N3OS/c1-2-24-19-13-12-15-8-6-7-11-17(15)18(19)14-21-23-20(25)22-16-9-4-3-5-10-16/h6-8,11-14,16H,2-5,9-10H2,1H3,(H2,22,23,25)/b21-14+. The van der Waals surface area contributed by atoms with E-state index >= 15 is 0 Å². The molecule has 0 unspecified atom stereocenters. The number of hydrogen-bond acceptors (Lipinski definition) is 3. The van der Waals surface area contributed by atoms with Gasteiger partial charge in [0.05, 0.1) is 12.8 Å². The van der Waals surface area contributed by atoms with E-state index in [0.29, 0.717) is 17.8 Å². The zero-order chi connectivity index (χ0) is 17.5. The van der Waals surface area contributed by atoms with E-state index in [9.17, 15) is 0 Å². The summed E-state index contributed by atoms with van der Waals surface area (Å²) in [5.74, 6) is 0.831. The molecule has 2 N–H and O–H groups in total. The number of hydrogen-bond donors (Lipinski definition) is 2. The highest BCUT2D eigenvalue weighted by atomic mass is 32.1. The van der Waals surface area contributed by atoms with Crippen LogP contribution in [0.5, 0.6) is 5.75 Å². The second kappa shape index (κ2) is 8.81. The van der Waals surface area contributed by atoms with Crippen LogP contribution in [0.15, 0.2) is 41.5 Å². The van der Waals surface area contributed by atoms with E-state index in [1.807, 2.05) is 25.1 Å². The molecular formula is C20H25N3OS. The molecule has 0 aromatic heterocycles. The van der Waals surface area contributed by atoms with Gasteiger partial charge in [-0.15, -0.1) is 0 Å². The highest BCUT2D eigenvalue weighted by Crippen LogP contribution is 2.26. The summed E-state index contributed by atoms with van der Waals surface area (Å²) in [5, 5.41) is 10.6. The Kier molecular flexibility index (Phi) is 6.23. The van der Waals surface area contributed by atoms with E-state index < -0.39 is 0 Å². The number of nitrogens with zero attached hydrogens (tertiary/aromatic N) is 1. The van der Waals surface area contributed by atoms with Crippen molar-refractivity contribution in [2.75, 3.05) is 6.61 Å². The third kappa shape index (κ3) is 4.69. The molecule has 0 bridgehead atoms. The first-order valence-corrected chi connectivity index (χ1v) is 9.43. The van der Waals surface area contributed by atoms with Crippen molar-refractivity contribution in [3.63, 3.8) is 0 Å². The van der Waals surface area contributed by atoms with Crippen LogP contribution < -0.4 is 15.5 Å². The Balaban J connectivity index is 1.71. The maximum Gasteiger partial charge on any atom is 0.187 e. The van der Waals surface area contributed by atoms with Crippen LogP contribution >= 0.6 is 12.2 Å². The number of thiocarbonyl (C=S) groups is 1. The van der Waals surface area contributed by atoms with Crippen LogP contribution in [-0.2, 0) is 0 Å². The summed E-state index contributed by atoms with van der Waals surface area (Å²) < 4.78 is 5.76. The fourth-order valence-corrected chi connectivity index (χ4v) is 3.53. The van der Waals surface area contributed by atoms with Gasteiger partial charge in [-0.1, -0.05) is 49.6 Å². The Hall–Kier alpha value is -2.14. The molecular weight excluding hydrogens is 330 g/mol. The minimum atomic E-state index is 0.473. The Morgan fingerprint density at radius 3 is 2.80 bits per heavy atom. The molecule has 0 saturated heterocycles. The second-order valence-corrected chi connectivity index (χ2v) is 6.72. The lowest BCUT2D eigenvalue weighted by atomic mass is 9.96. The third-order valence-electron chi connectivity index (χ3n) is 4.53. The van der Waals surface area contributed by atoms with Crippen LogP contribution in [0.25, 0.3) is 10.8 Å². The lowest BCUT2D eigenvalue weighted by Gasteiger charge is -2.23. The van der Waals surface area contributed by atoms with E-state index in [1.165, 1.54) is 32.1 Å². The Morgan fingerprint density at radius 2 is 2.00 bits per heavy atom. The van der Waals surface area contributed by atoms with Gasteiger partial charge in [-0.2, -0.15) is 5.10 Å². The summed E-state index contributed by atoms with van der Waals surface area (Å²) in [6, 6.07) is 12.8. The van der Waals surface area contributed by atoms with Crippen molar-refractivity contribution in [3.8, 4) is 5.75 Å². The molecule has 132 valence electrons. The lowest BCUT2D eigenvalue weighted by Crippen LogP contribution is -2.40. The van der Waals surface area contributed by atoms with Crippen molar-refractivity contribution < 1.29 is 4.74 Å². The minimum Gasteiger partial charge on any atom is -0.493 e. The summed E-state index contributed by atoms with van der Waals surface area (Å²) in [5.41, 5.74) is 3.91. The maximum absolute atomic E-state index is 5.76. The van der Waals surface area contributed by atoms with Crippen molar-refractivity contribution in [2.45, 2.75) is 45.1 Å². The molecule has 3 rings (SSSR count). The Bertz CT molecular complexity index is 754. The van der Waals surface area contributed by atoms with Crippen LogP contribution in [-0.4, -0.2) is 24.0 Å². The monoisotopic (exact) mass is 355 g/mol. The number of rotatable bonds is 5. The molecule has 1 saturated carbocycles. The molecule has 25 heavy (non-hydrogen) atoms. The van der Waals surface area contributed by atoms with E-state index in [2.05, 4.69) is 34.0 Å². The van der Waals surface area contributed by atoms with Crippen molar-refractivity contribution in [1.82, 2.24) is 10.7 Å². The number of hydrazone groups is 1. The van der Waals surface area contributed by atoms with Gasteiger partial charge in [-0.3, -0.25) is 5.43 Å². The largest absolute Gasteiger partial charge is 0.493 e. The zero-order valence-electron chi connectivity index (χ0n) is 14.6. The molecule has 2 aromatic rings. The second-order valence-electron chi connectivity index (χ2n) is 6.31. The predicted octanol–water partition coefficient (Wildman–Crippen LogP) is 4.37. The SMILES string of the molecule is CCOc1ccc2ccccc2c1/C=N/NC(=S)NC1CCCCC1. The Morgan fingerprint density at radius 1 is 1.20 bits per heavy atom. The predicted molar refractivity (Wildman–Crippen MR) is 108 cm³/mol. The first kappa shape index (κ1) is 17.7. The molecule has 1 aliphatic rings. The molecule has 4 nitrogen and oxygen atoms in total. The normalized spacial score (nSPS) is 15.4. The van der Waals surface area contributed by atoms with Gasteiger partial charge in [0.2, 0.25) is 0 Å². The van der Waals surface area contributed by atoms with Gasteiger partial charge in [-0.25, -0.2) is 0 Å². The molecule has 0 radical (unpaired) electrons. The average Bonchev–Trinajstić information content (AvgIpc) is 2.64. The van der Waals surface area contributed by atoms with Crippen LogP contribution in [0.1, 0.15) is 44.6 Å². The zero-order valence-corrected chi connectivity index (χ0v) is 15.4. The van der Waals surface area contributed by atoms with Crippen molar-refractivity contribution in [2.24, 2.45) is 5.10 Å². The number of nitrogens with one attached hydrogen (secondary N) is 2. The van der Waals surface area contributed by atoms with Gasteiger partial charge in [0, 0.05) is 11.6 Å². The summed E-state index contributed by atoms with van der Waals surface area (Å²) >= 11 is 5.36. The van der Waals surface area contributed by atoms with Crippen molar-refractivity contribution in [1.29, 1.82) is 0 Å². The van der Waals surface area contributed by atoms with Gasteiger partial charge < -0.3 is 10.1 Å². The topological polar surface area (TPSA) is 45.6 Å².